The van der Waals surface area contributed by atoms with Crippen LogP contribution >= 0.6 is 0 Å². The third-order valence-electron chi connectivity index (χ3n) is 4.75. The molecule has 2 nitrogen and oxygen atoms in total. The molecule has 28 heavy (non-hydrogen) atoms. The third kappa shape index (κ3) is 5.31. The van der Waals surface area contributed by atoms with Gasteiger partial charge in [0.2, 0.25) is 6.41 Å². The lowest BCUT2D eigenvalue weighted by atomic mass is 9.99. The van der Waals surface area contributed by atoms with Crippen LogP contribution < -0.4 is 0 Å². The van der Waals surface area contributed by atoms with Crippen molar-refractivity contribution in [1.29, 1.82) is 0 Å². The number of benzene rings is 3. The number of rotatable bonds is 9. The largest absolute Gasteiger partial charge is 0.318 e. The molecule has 1 amide bonds. The van der Waals surface area contributed by atoms with Crippen molar-refractivity contribution in [3.8, 4) is 11.1 Å². The number of carbonyl (C=O) groups is 1. The molecule has 0 aliphatic rings. The second kappa shape index (κ2) is 10.1. The van der Waals surface area contributed by atoms with Crippen molar-refractivity contribution in [2.45, 2.75) is 18.9 Å². The molecular formula is C26H25NO. The number of nitrogens with zero attached hydrogens (tertiary/aromatic N) is 1. The van der Waals surface area contributed by atoms with Gasteiger partial charge < -0.3 is 4.90 Å². The molecule has 3 aromatic rings. The van der Waals surface area contributed by atoms with Crippen LogP contribution in [0, 0.1) is 0 Å². The zero-order valence-electron chi connectivity index (χ0n) is 15.9. The van der Waals surface area contributed by atoms with E-state index in [0.29, 0.717) is 0 Å². The van der Waals surface area contributed by atoms with E-state index in [1.165, 1.54) is 16.7 Å². The van der Waals surface area contributed by atoms with E-state index >= 15 is 0 Å². The average molecular weight is 367 g/mol. The predicted molar refractivity (Wildman–Crippen MR) is 118 cm³/mol. The summed E-state index contributed by atoms with van der Waals surface area (Å²) < 4.78 is 0. The minimum absolute atomic E-state index is 0.0394. The number of hydrogen-bond donors (Lipinski definition) is 0. The highest BCUT2D eigenvalue weighted by molar-refractivity contribution is 5.63. The van der Waals surface area contributed by atoms with E-state index in [-0.39, 0.29) is 6.04 Å². The lowest BCUT2D eigenvalue weighted by molar-refractivity contribution is -0.117. The lowest BCUT2D eigenvalue weighted by Crippen LogP contribution is -2.31. The van der Waals surface area contributed by atoms with Crippen LogP contribution in [0.5, 0.6) is 0 Å². The molecule has 0 bridgehead atoms. The van der Waals surface area contributed by atoms with Gasteiger partial charge in [-0.05, 0) is 41.2 Å². The van der Waals surface area contributed by atoms with Gasteiger partial charge in [-0.25, -0.2) is 0 Å². The van der Waals surface area contributed by atoms with E-state index < -0.39 is 0 Å². The Hall–Kier alpha value is -3.39. The first-order valence-corrected chi connectivity index (χ1v) is 9.51. The Labute approximate surface area is 167 Å². The van der Waals surface area contributed by atoms with Gasteiger partial charge in [0.05, 0.1) is 0 Å². The average Bonchev–Trinajstić information content (AvgIpc) is 2.76. The molecule has 0 N–H and O–H groups in total. The molecule has 0 fully saturated rings. The summed E-state index contributed by atoms with van der Waals surface area (Å²) >= 11 is 0. The molecule has 1 atom stereocenters. The molecule has 0 radical (unpaired) electrons. The summed E-state index contributed by atoms with van der Waals surface area (Å²) in [6, 6.07) is 28.9. The van der Waals surface area contributed by atoms with E-state index in [0.717, 1.165) is 24.8 Å². The van der Waals surface area contributed by atoms with Crippen LogP contribution in [0.3, 0.4) is 0 Å². The smallest absolute Gasteiger partial charge is 0.213 e. The van der Waals surface area contributed by atoms with Gasteiger partial charge in [0.15, 0.2) is 0 Å². The van der Waals surface area contributed by atoms with Crippen molar-refractivity contribution < 1.29 is 4.79 Å². The first-order valence-electron chi connectivity index (χ1n) is 9.51. The van der Waals surface area contributed by atoms with Crippen molar-refractivity contribution >= 4 is 12.5 Å². The normalized spacial score (nSPS) is 11.9. The SMILES string of the molecule is C=CC[C@@H](Cc1ccc(-c2ccccc2)cc1)N(C=O)/C=C/c1ccccc1. The topological polar surface area (TPSA) is 20.3 Å². The molecule has 140 valence electrons. The Kier molecular flexibility index (Phi) is 6.97. The maximum absolute atomic E-state index is 11.7. The molecule has 0 saturated heterocycles. The summed E-state index contributed by atoms with van der Waals surface area (Å²) in [4.78, 5) is 13.4. The summed E-state index contributed by atoms with van der Waals surface area (Å²) in [5.41, 5.74) is 4.67. The number of amides is 1. The molecule has 0 heterocycles. The lowest BCUT2D eigenvalue weighted by Gasteiger charge is -2.24. The highest BCUT2D eigenvalue weighted by atomic mass is 16.1. The van der Waals surface area contributed by atoms with Gasteiger partial charge in [0.1, 0.15) is 0 Å². The monoisotopic (exact) mass is 367 g/mol. The highest BCUT2D eigenvalue weighted by Crippen LogP contribution is 2.21. The third-order valence-corrected chi connectivity index (χ3v) is 4.75. The number of hydrogen-bond acceptors (Lipinski definition) is 1. The first kappa shape index (κ1) is 19.4. The molecule has 0 unspecified atom stereocenters. The number of carbonyl (C=O) groups excluding carboxylic acids is 1. The molecule has 0 aliphatic carbocycles. The van der Waals surface area contributed by atoms with Gasteiger partial charge in [-0.3, -0.25) is 4.79 Å². The fraction of sp³-hybridized carbons (Fsp3) is 0.115. The Morgan fingerprint density at radius 3 is 2.04 bits per heavy atom. The summed E-state index contributed by atoms with van der Waals surface area (Å²) in [6.45, 7) is 3.86. The van der Waals surface area contributed by atoms with E-state index in [2.05, 4.69) is 43.0 Å². The maximum atomic E-state index is 11.7. The van der Waals surface area contributed by atoms with Gasteiger partial charge in [-0.2, -0.15) is 0 Å². The predicted octanol–water partition coefficient (Wildman–Crippen LogP) is 5.97. The van der Waals surface area contributed by atoms with Crippen LogP contribution in [0.2, 0.25) is 0 Å². The van der Waals surface area contributed by atoms with Crippen LogP contribution in [-0.4, -0.2) is 17.4 Å². The zero-order valence-corrected chi connectivity index (χ0v) is 15.9. The Bertz CT molecular complexity index is 898. The quantitative estimate of drug-likeness (QED) is 0.337. The summed E-state index contributed by atoms with van der Waals surface area (Å²) in [6.07, 6.45) is 8.09. The minimum atomic E-state index is 0.0394. The van der Waals surface area contributed by atoms with Crippen LogP contribution in [0.1, 0.15) is 17.5 Å². The Morgan fingerprint density at radius 1 is 0.821 bits per heavy atom. The molecule has 3 aromatic carbocycles. The van der Waals surface area contributed by atoms with E-state index in [4.69, 9.17) is 0 Å². The Morgan fingerprint density at radius 2 is 1.43 bits per heavy atom. The second-order valence-corrected chi connectivity index (χ2v) is 6.72. The van der Waals surface area contributed by atoms with Crippen LogP contribution in [0.15, 0.2) is 104 Å². The van der Waals surface area contributed by atoms with Gasteiger partial charge in [0, 0.05) is 12.2 Å². The van der Waals surface area contributed by atoms with Gasteiger partial charge in [0.25, 0.3) is 0 Å². The van der Waals surface area contributed by atoms with Crippen molar-refractivity contribution in [3.63, 3.8) is 0 Å². The summed E-state index contributed by atoms with van der Waals surface area (Å²) in [5.74, 6) is 0. The summed E-state index contributed by atoms with van der Waals surface area (Å²) in [5, 5.41) is 0. The van der Waals surface area contributed by atoms with E-state index in [1.54, 1.807) is 4.90 Å². The van der Waals surface area contributed by atoms with Crippen LogP contribution in [0.25, 0.3) is 17.2 Å². The van der Waals surface area contributed by atoms with Crippen molar-refractivity contribution in [1.82, 2.24) is 4.90 Å². The Balaban J connectivity index is 1.73. The highest BCUT2D eigenvalue weighted by Gasteiger charge is 2.14. The maximum Gasteiger partial charge on any atom is 0.213 e. The molecule has 0 spiro atoms. The molecule has 0 aliphatic heterocycles. The van der Waals surface area contributed by atoms with Gasteiger partial charge >= 0.3 is 0 Å². The molecule has 3 rings (SSSR count). The minimum Gasteiger partial charge on any atom is -0.318 e. The summed E-state index contributed by atoms with van der Waals surface area (Å²) in [7, 11) is 0. The van der Waals surface area contributed by atoms with E-state index in [9.17, 15) is 4.79 Å². The standard InChI is InChI=1S/C26H25NO/c1-2-9-26(27(21-28)19-18-22-10-5-3-6-11-22)20-23-14-16-25(17-15-23)24-12-7-4-8-13-24/h2-8,10-19,21,26H,1,9,20H2/b19-18+/t26-/m0/s1. The molecular weight excluding hydrogens is 342 g/mol. The van der Waals surface area contributed by atoms with Crippen LogP contribution in [-0.2, 0) is 11.2 Å². The van der Waals surface area contributed by atoms with Crippen LogP contribution in [0.4, 0.5) is 0 Å². The van der Waals surface area contributed by atoms with Crippen molar-refractivity contribution in [2.75, 3.05) is 0 Å². The molecule has 2 heteroatoms. The fourth-order valence-electron chi connectivity index (χ4n) is 3.22. The van der Waals surface area contributed by atoms with Crippen molar-refractivity contribution in [3.05, 3.63) is 115 Å². The van der Waals surface area contributed by atoms with Gasteiger partial charge in [-0.15, -0.1) is 6.58 Å². The first-order chi connectivity index (χ1) is 13.8. The van der Waals surface area contributed by atoms with Crippen molar-refractivity contribution in [2.24, 2.45) is 0 Å². The van der Waals surface area contributed by atoms with Gasteiger partial charge in [-0.1, -0.05) is 91.0 Å². The van der Waals surface area contributed by atoms with E-state index in [1.807, 2.05) is 66.9 Å². The molecule has 0 saturated carbocycles. The zero-order chi connectivity index (χ0) is 19.6. The fourth-order valence-corrected chi connectivity index (χ4v) is 3.22. The second-order valence-electron chi connectivity index (χ2n) is 6.72. The molecule has 0 aromatic heterocycles.